The fraction of sp³-hybridized carbons (Fsp3) is 0.588. The summed E-state index contributed by atoms with van der Waals surface area (Å²) < 4.78 is 0. The molecular formula is C17H23N3O3. The van der Waals surface area contributed by atoms with Crippen molar-refractivity contribution in [2.24, 2.45) is 0 Å². The van der Waals surface area contributed by atoms with Gasteiger partial charge in [0, 0.05) is 18.8 Å². The average Bonchev–Trinajstić information content (AvgIpc) is 3.40. The van der Waals surface area contributed by atoms with E-state index in [0.717, 1.165) is 31.4 Å². The molecule has 1 N–H and O–H groups in total. The Labute approximate surface area is 136 Å². The summed E-state index contributed by atoms with van der Waals surface area (Å²) in [5.41, 5.74) is 0.856. The molecule has 1 aromatic heterocycles. The Bertz CT molecular complexity index is 559. The van der Waals surface area contributed by atoms with Crippen molar-refractivity contribution >= 4 is 11.8 Å². The minimum Gasteiger partial charge on any atom is -0.383 e. The summed E-state index contributed by atoms with van der Waals surface area (Å²) >= 11 is 0. The molecule has 1 saturated carbocycles. The fourth-order valence-corrected chi connectivity index (χ4v) is 2.97. The van der Waals surface area contributed by atoms with Crippen molar-refractivity contribution in [3.63, 3.8) is 0 Å². The van der Waals surface area contributed by atoms with Gasteiger partial charge in [0.05, 0.1) is 18.8 Å². The summed E-state index contributed by atoms with van der Waals surface area (Å²) in [5.74, 6) is -0.370. The molecule has 3 rings (SSSR count). The average molecular weight is 317 g/mol. The van der Waals surface area contributed by atoms with Crippen LogP contribution >= 0.6 is 0 Å². The van der Waals surface area contributed by atoms with Crippen LogP contribution in [0.1, 0.15) is 37.8 Å². The van der Waals surface area contributed by atoms with Gasteiger partial charge < -0.3 is 14.9 Å². The molecule has 1 unspecified atom stereocenters. The number of aliphatic hydroxyl groups excluding tert-OH is 1. The zero-order valence-electron chi connectivity index (χ0n) is 13.2. The molecule has 1 saturated heterocycles. The van der Waals surface area contributed by atoms with Crippen molar-refractivity contribution in [1.29, 1.82) is 0 Å². The maximum Gasteiger partial charge on any atom is 0.251 e. The van der Waals surface area contributed by atoms with Crippen molar-refractivity contribution in [1.82, 2.24) is 14.8 Å². The third kappa shape index (κ3) is 4.07. The maximum atomic E-state index is 12.7. The van der Waals surface area contributed by atoms with Crippen LogP contribution in [0.2, 0.25) is 0 Å². The summed E-state index contributed by atoms with van der Waals surface area (Å²) in [7, 11) is 0. The predicted molar refractivity (Wildman–Crippen MR) is 84.2 cm³/mol. The van der Waals surface area contributed by atoms with Gasteiger partial charge in [-0.1, -0.05) is 6.07 Å². The number of amides is 2. The molecule has 1 aromatic rings. The van der Waals surface area contributed by atoms with E-state index in [-0.39, 0.29) is 24.4 Å². The van der Waals surface area contributed by atoms with E-state index in [0.29, 0.717) is 19.5 Å². The molecule has 2 amide bonds. The molecule has 2 fully saturated rings. The maximum absolute atomic E-state index is 12.7. The van der Waals surface area contributed by atoms with Crippen LogP contribution in [0.15, 0.2) is 24.4 Å². The monoisotopic (exact) mass is 317 g/mol. The van der Waals surface area contributed by atoms with Crippen molar-refractivity contribution in [3.8, 4) is 0 Å². The number of aromatic nitrogens is 1. The van der Waals surface area contributed by atoms with Gasteiger partial charge in [0.25, 0.3) is 5.91 Å². The van der Waals surface area contributed by atoms with E-state index in [1.807, 2.05) is 23.1 Å². The molecule has 0 aromatic carbocycles. The molecule has 0 bridgehead atoms. The van der Waals surface area contributed by atoms with Crippen LogP contribution < -0.4 is 0 Å². The lowest BCUT2D eigenvalue weighted by atomic mass is 10.2. The van der Waals surface area contributed by atoms with Crippen LogP contribution in [0, 0.1) is 0 Å². The number of pyridine rings is 1. The molecule has 124 valence electrons. The highest BCUT2D eigenvalue weighted by Crippen LogP contribution is 2.28. The van der Waals surface area contributed by atoms with Crippen LogP contribution in [0.5, 0.6) is 0 Å². The molecule has 0 radical (unpaired) electrons. The van der Waals surface area contributed by atoms with Crippen molar-refractivity contribution < 1.29 is 14.7 Å². The summed E-state index contributed by atoms with van der Waals surface area (Å²) in [6.45, 7) is 1.08. The molecule has 1 aliphatic heterocycles. The standard InChI is InChI=1S/C17H23N3O3/c21-15-6-2-4-10-19(17(15)23)12-16(22)20(14-7-8-14)11-13-5-1-3-9-18-13/h1,3,5,9,14-15,21H,2,4,6-8,10-12H2. The van der Waals surface area contributed by atoms with Crippen LogP contribution in [-0.2, 0) is 16.1 Å². The van der Waals surface area contributed by atoms with E-state index in [9.17, 15) is 14.7 Å². The first kappa shape index (κ1) is 15.9. The Morgan fingerprint density at radius 3 is 2.83 bits per heavy atom. The number of hydrogen-bond acceptors (Lipinski definition) is 4. The van der Waals surface area contributed by atoms with Crippen LogP contribution in [-0.4, -0.2) is 56.9 Å². The van der Waals surface area contributed by atoms with E-state index in [2.05, 4.69) is 4.98 Å². The Hall–Kier alpha value is -1.95. The van der Waals surface area contributed by atoms with Crippen molar-refractivity contribution in [2.45, 2.75) is 50.8 Å². The van der Waals surface area contributed by atoms with E-state index in [1.54, 1.807) is 6.20 Å². The molecule has 1 atom stereocenters. The molecule has 23 heavy (non-hydrogen) atoms. The Balaban J connectivity index is 1.65. The smallest absolute Gasteiger partial charge is 0.251 e. The number of carbonyl (C=O) groups is 2. The van der Waals surface area contributed by atoms with E-state index in [4.69, 9.17) is 0 Å². The van der Waals surface area contributed by atoms with Gasteiger partial charge in [-0.15, -0.1) is 0 Å². The highest BCUT2D eigenvalue weighted by atomic mass is 16.3. The number of hydrogen-bond donors (Lipinski definition) is 1. The second kappa shape index (κ2) is 7.08. The number of likely N-dealkylation sites (tertiary alicyclic amines) is 1. The first-order valence-corrected chi connectivity index (χ1v) is 8.31. The first-order valence-electron chi connectivity index (χ1n) is 8.31. The van der Waals surface area contributed by atoms with Gasteiger partial charge >= 0.3 is 0 Å². The molecule has 6 heteroatoms. The Kier molecular flexibility index (Phi) is 4.91. The summed E-state index contributed by atoms with van der Waals surface area (Å²) in [5, 5.41) is 9.81. The van der Waals surface area contributed by atoms with Gasteiger partial charge in [-0.05, 0) is 44.2 Å². The second-order valence-corrected chi connectivity index (χ2v) is 6.35. The zero-order valence-corrected chi connectivity index (χ0v) is 13.2. The molecule has 2 heterocycles. The van der Waals surface area contributed by atoms with Gasteiger partial charge in [-0.3, -0.25) is 14.6 Å². The molecular weight excluding hydrogens is 294 g/mol. The number of rotatable bonds is 5. The molecule has 2 aliphatic rings. The quantitative estimate of drug-likeness (QED) is 0.877. The lowest BCUT2D eigenvalue weighted by molar-refractivity contribution is -0.145. The fourth-order valence-electron chi connectivity index (χ4n) is 2.97. The van der Waals surface area contributed by atoms with Crippen LogP contribution in [0.25, 0.3) is 0 Å². The molecule has 0 spiro atoms. The largest absolute Gasteiger partial charge is 0.383 e. The number of nitrogens with zero attached hydrogens (tertiary/aromatic N) is 3. The minimum atomic E-state index is -0.963. The first-order chi connectivity index (χ1) is 11.1. The van der Waals surface area contributed by atoms with E-state index in [1.165, 1.54) is 4.90 Å². The zero-order chi connectivity index (χ0) is 16.2. The van der Waals surface area contributed by atoms with Gasteiger partial charge in [0.1, 0.15) is 6.10 Å². The lowest BCUT2D eigenvalue weighted by Crippen LogP contribution is -2.46. The van der Waals surface area contributed by atoms with Gasteiger partial charge in [0.2, 0.25) is 5.91 Å². The highest BCUT2D eigenvalue weighted by Gasteiger charge is 2.35. The summed E-state index contributed by atoms with van der Waals surface area (Å²) in [4.78, 5) is 32.4. The van der Waals surface area contributed by atoms with Gasteiger partial charge in [-0.2, -0.15) is 0 Å². The second-order valence-electron chi connectivity index (χ2n) is 6.35. The third-order valence-electron chi connectivity index (χ3n) is 4.44. The molecule has 1 aliphatic carbocycles. The van der Waals surface area contributed by atoms with E-state index < -0.39 is 6.10 Å². The van der Waals surface area contributed by atoms with Gasteiger partial charge in [0.15, 0.2) is 0 Å². The number of aliphatic hydroxyl groups is 1. The Morgan fingerprint density at radius 2 is 2.13 bits per heavy atom. The minimum absolute atomic E-state index is 0.0548. The predicted octanol–water partition coefficient (Wildman–Crippen LogP) is 0.946. The topological polar surface area (TPSA) is 73.7 Å². The van der Waals surface area contributed by atoms with Crippen molar-refractivity contribution in [3.05, 3.63) is 30.1 Å². The SMILES string of the molecule is O=C1C(O)CCCCN1CC(=O)N(Cc1ccccn1)C1CC1. The Morgan fingerprint density at radius 1 is 1.30 bits per heavy atom. The normalized spacial score (nSPS) is 21.9. The van der Waals surface area contributed by atoms with Crippen LogP contribution in [0.4, 0.5) is 0 Å². The summed E-state index contributed by atoms with van der Waals surface area (Å²) in [6, 6.07) is 5.93. The van der Waals surface area contributed by atoms with E-state index >= 15 is 0 Å². The van der Waals surface area contributed by atoms with Crippen molar-refractivity contribution in [2.75, 3.05) is 13.1 Å². The highest BCUT2D eigenvalue weighted by molar-refractivity contribution is 5.87. The number of carbonyl (C=O) groups excluding carboxylic acids is 2. The van der Waals surface area contributed by atoms with Gasteiger partial charge in [-0.25, -0.2) is 0 Å². The summed E-state index contributed by atoms with van der Waals surface area (Å²) in [6.07, 6.45) is 4.92. The van der Waals surface area contributed by atoms with Crippen LogP contribution in [0.3, 0.4) is 0 Å². The molecule has 6 nitrogen and oxygen atoms in total. The third-order valence-corrected chi connectivity index (χ3v) is 4.44. The lowest BCUT2D eigenvalue weighted by Gasteiger charge is -2.27.